The molecule has 1 heterocycles. The number of nitrogens with zero attached hydrogens (tertiary/aromatic N) is 1. The lowest BCUT2D eigenvalue weighted by Crippen LogP contribution is -2.38. The first kappa shape index (κ1) is 42.9. The second kappa shape index (κ2) is 32.4. The van der Waals surface area contributed by atoms with Gasteiger partial charge in [-0.1, -0.05) is 0 Å². The van der Waals surface area contributed by atoms with Crippen molar-refractivity contribution in [2.75, 3.05) is 145 Å². The summed E-state index contributed by atoms with van der Waals surface area (Å²) < 4.78 is 53.9. The van der Waals surface area contributed by atoms with Gasteiger partial charge < -0.3 is 57.6 Å². The Labute approximate surface area is 276 Å². The molecule has 17 heteroatoms. The first-order valence-electron chi connectivity index (χ1n) is 15.9. The van der Waals surface area contributed by atoms with E-state index in [-0.39, 0.29) is 37.8 Å². The van der Waals surface area contributed by atoms with Gasteiger partial charge in [0.25, 0.3) is 11.8 Å². The number of carboxylic acids is 1. The Hall–Kier alpha value is -2.13. The Morgan fingerprint density at radius 3 is 1.17 bits per heavy atom. The van der Waals surface area contributed by atoms with Gasteiger partial charge in [0.15, 0.2) is 0 Å². The van der Waals surface area contributed by atoms with Crippen LogP contribution in [0.2, 0.25) is 0 Å². The van der Waals surface area contributed by atoms with Gasteiger partial charge in [-0.25, -0.2) is 0 Å². The van der Waals surface area contributed by atoms with Crippen LogP contribution >= 0.6 is 0 Å². The van der Waals surface area contributed by atoms with Crippen LogP contribution in [0.15, 0.2) is 12.2 Å². The van der Waals surface area contributed by atoms with Crippen LogP contribution < -0.4 is 5.32 Å². The van der Waals surface area contributed by atoms with Crippen LogP contribution in [0.3, 0.4) is 0 Å². The van der Waals surface area contributed by atoms with Crippen molar-refractivity contribution in [2.24, 2.45) is 0 Å². The summed E-state index contributed by atoms with van der Waals surface area (Å²) in [5.74, 6) is -1.60. The molecule has 1 atom stereocenters. The molecule has 0 aromatic carbocycles. The number of amides is 2. The highest BCUT2D eigenvalue weighted by Crippen LogP contribution is 2.05. The second-order valence-electron chi connectivity index (χ2n) is 9.69. The van der Waals surface area contributed by atoms with Gasteiger partial charge in [-0.15, -0.1) is 0 Å². The molecule has 17 nitrogen and oxygen atoms in total. The molecular weight excluding hydrogens is 628 g/mol. The van der Waals surface area contributed by atoms with Gasteiger partial charge in [-0.2, -0.15) is 0 Å². The van der Waals surface area contributed by atoms with E-state index in [4.69, 9.17) is 52.5 Å². The third-order valence-electron chi connectivity index (χ3n) is 5.96. The quantitative estimate of drug-likeness (QED) is 0.0403. The molecule has 0 saturated heterocycles. The molecule has 3 N–H and O–H groups in total. The van der Waals surface area contributed by atoms with Crippen LogP contribution in [0.4, 0.5) is 0 Å². The largest absolute Gasteiger partial charge is 0.481 e. The average Bonchev–Trinajstić information content (AvgIpc) is 3.38. The average molecular weight is 683 g/mol. The van der Waals surface area contributed by atoms with E-state index in [2.05, 4.69) is 5.32 Å². The Morgan fingerprint density at radius 2 is 0.851 bits per heavy atom. The van der Waals surface area contributed by atoms with Crippen LogP contribution in [0.25, 0.3) is 0 Å². The first-order chi connectivity index (χ1) is 23.0. The third kappa shape index (κ3) is 28.6. The number of nitrogens with one attached hydrogen (secondary N) is 1. The molecule has 0 spiro atoms. The van der Waals surface area contributed by atoms with E-state index in [0.717, 1.165) is 4.90 Å². The fraction of sp³-hybridized carbons (Fsp3) is 0.833. The maximum atomic E-state index is 11.5. The van der Waals surface area contributed by atoms with Gasteiger partial charge in [0.2, 0.25) is 0 Å². The van der Waals surface area contributed by atoms with Gasteiger partial charge in [0.1, 0.15) is 6.23 Å². The lowest BCUT2D eigenvalue weighted by Gasteiger charge is -2.17. The summed E-state index contributed by atoms with van der Waals surface area (Å²) in [5.41, 5.74) is 0. The summed E-state index contributed by atoms with van der Waals surface area (Å²) in [7, 11) is 0. The number of hydrogen-bond acceptors (Lipinski definition) is 15. The number of carbonyl (C=O) groups excluding carboxylic acids is 2. The fourth-order valence-corrected chi connectivity index (χ4v) is 3.54. The van der Waals surface area contributed by atoms with E-state index >= 15 is 0 Å². The molecule has 2 amide bonds. The van der Waals surface area contributed by atoms with E-state index in [1.165, 1.54) is 12.2 Å². The SMILES string of the molecule is O=C(O)CCOCCOCCOCCOCCOCCOCCOCCOCCOCCOCCNC(O)CCN1C(=O)C=CC1=O. The van der Waals surface area contributed by atoms with E-state index < -0.39 is 12.2 Å². The number of carboxylic acid groups (broad SMARTS) is 1. The van der Waals surface area contributed by atoms with Crippen molar-refractivity contribution in [3.8, 4) is 0 Å². The fourth-order valence-electron chi connectivity index (χ4n) is 3.54. The van der Waals surface area contributed by atoms with Gasteiger partial charge in [-0.05, 0) is 0 Å². The van der Waals surface area contributed by atoms with Gasteiger partial charge >= 0.3 is 5.97 Å². The minimum Gasteiger partial charge on any atom is -0.481 e. The smallest absolute Gasteiger partial charge is 0.305 e. The Balaban J connectivity index is 1.65. The molecule has 0 radical (unpaired) electrons. The van der Waals surface area contributed by atoms with E-state index in [1.807, 2.05) is 0 Å². The Bertz CT molecular complexity index is 787. The van der Waals surface area contributed by atoms with Crippen LogP contribution in [0.5, 0.6) is 0 Å². The van der Waals surface area contributed by atoms with Crippen LogP contribution in [0.1, 0.15) is 12.8 Å². The normalized spacial score (nSPS) is 13.7. The molecule has 274 valence electrons. The number of hydrogen-bond donors (Lipinski definition) is 3. The highest BCUT2D eigenvalue weighted by atomic mass is 16.6. The summed E-state index contributed by atoms with van der Waals surface area (Å²) in [6, 6.07) is 0. The molecule has 0 aromatic heterocycles. The first-order valence-corrected chi connectivity index (χ1v) is 15.9. The van der Waals surface area contributed by atoms with Crippen molar-refractivity contribution in [1.82, 2.24) is 10.2 Å². The topological polar surface area (TPSA) is 199 Å². The summed E-state index contributed by atoms with van der Waals surface area (Å²) in [4.78, 5) is 34.3. The summed E-state index contributed by atoms with van der Waals surface area (Å²) in [5, 5.41) is 21.2. The maximum Gasteiger partial charge on any atom is 0.305 e. The molecule has 1 aliphatic heterocycles. The van der Waals surface area contributed by atoms with E-state index in [9.17, 15) is 19.5 Å². The van der Waals surface area contributed by atoms with Crippen LogP contribution in [0, 0.1) is 0 Å². The number of ether oxygens (including phenoxy) is 10. The highest BCUT2D eigenvalue weighted by molar-refractivity contribution is 6.12. The number of imide groups is 1. The predicted octanol–water partition coefficient (Wildman–Crippen LogP) is -1.15. The maximum absolute atomic E-state index is 11.5. The van der Waals surface area contributed by atoms with Gasteiger partial charge in [-0.3, -0.25) is 24.6 Å². The lowest BCUT2D eigenvalue weighted by atomic mass is 10.3. The van der Waals surface area contributed by atoms with Gasteiger partial charge in [0.05, 0.1) is 139 Å². The molecule has 0 saturated carbocycles. The molecule has 1 rings (SSSR count). The zero-order valence-corrected chi connectivity index (χ0v) is 27.4. The third-order valence-corrected chi connectivity index (χ3v) is 5.96. The van der Waals surface area contributed by atoms with Crippen LogP contribution in [-0.2, 0) is 61.8 Å². The number of carbonyl (C=O) groups is 3. The zero-order valence-electron chi connectivity index (χ0n) is 27.4. The van der Waals surface area contributed by atoms with Crippen molar-refractivity contribution in [1.29, 1.82) is 0 Å². The summed E-state index contributed by atoms with van der Waals surface area (Å²) >= 11 is 0. The number of rotatable bonds is 37. The predicted molar refractivity (Wildman–Crippen MR) is 165 cm³/mol. The molecule has 0 fully saturated rings. The molecule has 1 aliphatic rings. The van der Waals surface area contributed by atoms with Gasteiger partial charge in [0, 0.05) is 31.7 Å². The van der Waals surface area contributed by atoms with Crippen molar-refractivity contribution < 1.29 is 72.0 Å². The standard InChI is InChI=1S/C30H54N2O15/c33-27(3-6-32-28(34)1-2-29(32)35)31-5-8-39-10-12-41-14-16-43-18-20-45-22-24-47-26-25-46-23-21-44-19-17-42-15-13-40-11-9-38-7-4-30(36)37/h1-2,27,31,33H,3-26H2,(H,36,37). The minimum atomic E-state index is -0.881. The number of aliphatic hydroxyl groups is 1. The van der Waals surface area contributed by atoms with Crippen LogP contribution in [-0.4, -0.2) is 184 Å². The van der Waals surface area contributed by atoms with Crippen molar-refractivity contribution >= 4 is 17.8 Å². The molecule has 0 aromatic rings. The van der Waals surface area contributed by atoms with Crippen molar-refractivity contribution in [3.05, 3.63) is 12.2 Å². The lowest BCUT2D eigenvalue weighted by molar-refractivity contribution is -0.139. The van der Waals surface area contributed by atoms with E-state index in [0.29, 0.717) is 132 Å². The Morgan fingerprint density at radius 1 is 0.553 bits per heavy atom. The molecular formula is C30H54N2O15. The van der Waals surface area contributed by atoms with Crippen molar-refractivity contribution in [3.63, 3.8) is 0 Å². The summed E-state index contributed by atoms with van der Waals surface area (Å²) in [6.45, 7) is 9.16. The molecule has 47 heavy (non-hydrogen) atoms. The van der Waals surface area contributed by atoms with Crippen molar-refractivity contribution in [2.45, 2.75) is 19.1 Å². The number of aliphatic carboxylic acids is 1. The minimum absolute atomic E-state index is 0.0101. The second-order valence-corrected chi connectivity index (χ2v) is 9.69. The molecule has 0 bridgehead atoms. The summed E-state index contributed by atoms with van der Waals surface area (Å²) in [6.07, 6.45) is 1.83. The van der Waals surface area contributed by atoms with E-state index in [1.54, 1.807) is 0 Å². The molecule has 1 unspecified atom stereocenters. The molecule has 0 aliphatic carbocycles. The highest BCUT2D eigenvalue weighted by Gasteiger charge is 2.23. The Kier molecular flexibility index (Phi) is 29.6. The monoisotopic (exact) mass is 682 g/mol. The zero-order chi connectivity index (χ0) is 34.0. The number of aliphatic hydroxyl groups excluding tert-OH is 1.